The molecule has 1 fully saturated rings. The highest BCUT2D eigenvalue weighted by Crippen LogP contribution is 2.56. The number of allylic oxidation sites excluding steroid dienone is 5. The summed E-state index contributed by atoms with van der Waals surface area (Å²) < 4.78 is 10.7. The van der Waals surface area contributed by atoms with Gasteiger partial charge >= 0.3 is 0 Å². The first-order valence-electron chi connectivity index (χ1n) is 11.6. The van der Waals surface area contributed by atoms with Gasteiger partial charge in [0.1, 0.15) is 6.10 Å². The fraction of sp³-hybridized carbons (Fsp3) is 0.556. The van der Waals surface area contributed by atoms with E-state index in [0.717, 1.165) is 12.8 Å². The highest BCUT2D eigenvalue weighted by atomic mass is 16.8. The summed E-state index contributed by atoms with van der Waals surface area (Å²) in [5.74, 6) is 0.481. The van der Waals surface area contributed by atoms with Crippen LogP contribution in [0.3, 0.4) is 0 Å². The quantitative estimate of drug-likeness (QED) is 0.317. The fourth-order valence-electron chi connectivity index (χ4n) is 5.35. The molecule has 29 heavy (non-hydrogen) atoms. The second-order valence-corrected chi connectivity index (χ2v) is 8.87. The highest BCUT2D eigenvalue weighted by molar-refractivity contribution is 5.90. The minimum atomic E-state index is 0.00955. The van der Waals surface area contributed by atoms with Gasteiger partial charge < -0.3 is 9.47 Å². The van der Waals surface area contributed by atoms with Crippen LogP contribution in [0.25, 0.3) is 5.57 Å². The summed E-state index contributed by atoms with van der Waals surface area (Å²) in [4.78, 5) is 0. The first-order valence-corrected chi connectivity index (χ1v) is 11.6. The molecule has 0 N–H and O–H groups in total. The minimum absolute atomic E-state index is 0.00955. The van der Waals surface area contributed by atoms with Gasteiger partial charge in [0.2, 0.25) is 0 Å². The monoisotopic (exact) mass is 392 g/mol. The Morgan fingerprint density at radius 3 is 2.59 bits per heavy atom. The van der Waals surface area contributed by atoms with Gasteiger partial charge in [-0.1, -0.05) is 88.1 Å². The molecule has 3 aliphatic rings. The van der Waals surface area contributed by atoms with Crippen molar-refractivity contribution in [3.8, 4) is 0 Å². The van der Waals surface area contributed by atoms with Crippen LogP contribution in [0.2, 0.25) is 0 Å². The van der Waals surface area contributed by atoms with Gasteiger partial charge in [-0.05, 0) is 53.9 Å². The molecule has 1 aromatic rings. The van der Waals surface area contributed by atoms with E-state index in [2.05, 4.69) is 62.4 Å². The van der Waals surface area contributed by atoms with E-state index in [-0.39, 0.29) is 17.8 Å². The van der Waals surface area contributed by atoms with Crippen molar-refractivity contribution in [2.24, 2.45) is 5.92 Å². The van der Waals surface area contributed by atoms with Crippen LogP contribution in [0.1, 0.15) is 76.3 Å². The first-order chi connectivity index (χ1) is 14.2. The van der Waals surface area contributed by atoms with Crippen LogP contribution in [0.4, 0.5) is 0 Å². The normalized spacial score (nSPS) is 26.8. The maximum absolute atomic E-state index is 5.47. The van der Waals surface area contributed by atoms with Crippen LogP contribution in [-0.4, -0.2) is 19.5 Å². The zero-order valence-electron chi connectivity index (χ0n) is 18.3. The van der Waals surface area contributed by atoms with Gasteiger partial charge in [-0.25, -0.2) is 0 Å². The lowest BCUT2D eigenvalue weighted by atomic mass is 9.69. The second kappa shape index (κ2) is 9.02. The lowest BCUT2D eigenvalue weighted by Gasteiger charge is -2.34. The average molecular weight is 393 g/mol. The zero-order chi connectivity index (χ0) is 20.3. The lowest BCUT2D eigenvalue weighted by Crippen LogP contribution is -2.26. The molecule has 0 amide bonds. The van der Waals surface area contributed by atoms with Gasteiger partial charge in [-0.3, -0.25) is 0 Å². The molecule has 2 aliphatic carbocycles. The number of fused-ring (bicyclic) bond motifs is 3. The van der Waals surface area contributed by atoms with E-state index >= 15 is 0 Å². The van der Waals surface area contributed by atoms with Gasteiger partial charge in [-0.2, -0.15) is 0 Å². The van der Waals surface area contributed by atoms with Crippen molar-refractivity contribution in [2.75, 3.05) is 7.11 Å². The molecule has 0 aromatic heterocycles. The van der Waals surface area contributed by atoms with E-state index in [4.69, 9.17) is 9.47 Å². The van der Waals surface area contributed by atoms with Crippen molar-refractivity contribution in [1.82, 2.24) is 0 Å². The predicted molar refractivity (Wildman–Crippen MR) is 121 cm³/mol. The first kappa shape index (κ1) is 20.6. The number of hydrogen-bond donors (Lipinski definition) is 0. The molecule has 0 radical (unpaired) electrons. The number of ether oxygens (including phenoxy) is 2. The molecule has 1 saturated heterocycles. The Hall–Kier alpha value is -1.64. The smallest absolute Gasteiger partial charge is 0.184 e. The third kappa shape index (κ3) is 4.02. The molecule has 156 valence electrons. The standard InChI is InChI=1S/C27H36O2/c1-4-6-17-27(18-7-5-2)23-13-9-8-12-21(23)22-19-20(15-16-24(22)27)11-10-14-25-26(28-3)29-25/h8-13,16,19-20,25-26H,4-7,14-15,17-18H2,1-3H3/b11-10+. The maximum Gasteiger partial charge on any atom is 0.184 e. The Balaban J connectivity index is 1.60. The molecule has 3 unspecified atom stereocenters. The van der Waals surface area contributed by atoms with Crippen LogP contribution >= 0.6 is 0 Å². The Labute approximate surface area is 176 Å². The zero-order valence-corrected chi connectivity index (χ0v) is 18.3. The van der Waals surface area contributed by atoms with Crippen molar-refractivity contribution in [3.05, 3.63) is 65.3 Å². The fourth-order valence-corrected chi connectivity index (χ4v) is 5.35. The molecule has 0 spiro atoms. The van der Waals surface area contributed by atoms with E-state index in [0.29, 0.717) is 5.92 Å². The molecule has 1 aromatic carbocycles. The molecule has 2 nitrogen and oxygen atoms in total. The van der Waals surface area contributed by atoms with Gasteiger partial charge in [0.05, 0.1) is 0 Å². The molecule has 3 atom stereocenters. The van der Waals surface area contributed by atoms with Crippen molar-refractivity contribution in [2.45, 2.75) is 83.0 Å². The largest absolute Gasteiger partial charge is 0.353 e. The number of epoxide rings is 1. The van der Waals surface area contributed by atoms with Crippen molar-refractivity contribution in [1.29, 1.82) is 0 Å². The van der Waals surface area contributed by atoms with E-state index in [9.17, 15) is 0 Å². The maximum atomic E-state index is 5.47. The average Bonchev–Trinajstić information content (AvgIpc) is 3.47. The summed E-state index contributed by atoms with van der Waals surface area (Å²) in [5.41, 5.74) is 6.42. The molecule has 4 rings (SSSR count). The van der Waals surface area contributed by atoms with E-state index in [1.165, 1.54) is 49.7 Å². The third-order valence-corrected chi connectivity index (χ3v) is 6.95. The highest BCUT2D eigenvalue weighted by Gasteiger charge is 2.45. The van der Waals surface area contributed by atoms with Crippen molar-refractivity contribution < 1.29 is 9.47 Å². The Morgan fingerprint density at radius 2 is 1.90 bits per heavy atom. The van der Waals surface area contributed by atoms with Crippen LogP contribution < -0.4 is 0 Å². The van der Waals surface area contributed by atoms with Crippen molar-refractivity contribution >= 4 is 5.57 Å². The lowest BCUT2D eigenvalue weighted by molar-refractivity contribution is 0.0950. The number of benzene rings is 1. The molecular weight excluding hydrogens is 356 g/mol. The molecule has 0 saturated carbocycles. The summed E-state index contributed by atoms with van der Waals surface area (Å²) in [5, 5.41) is 0. The summed E-state index contributed by atoms with van der Waals surface area (Å²) in [6.45, 7) is 4.64. The van der Waals surface area contributed by atoms with Gasteiger partial charge in [-0.15, -0.1) is 0 Å². The Morgan fingerprint density at radius 1 is 1.14 bits per heavy atom. The van der Waals surface area contributed by atoms with E-state index < -0.39 is 0 Å². The number of hydrogen-bond acceptors (Lipinski definition) is 2. The van der Waals surface area contributed by atoms with Crippen LogP contribution in [0.5, 0.6) is 0 Å². The molecule has 1 heterocycles. The molecule has 2 heteroatoms. The Kier molecular flexibility index (Phi) is 6.41. The van der Waals surface area contributed by atoms with Crippen molar-refractivity contribution in [3.63, 3.8) is 0 Å². The number of unbranched alkanes of at least 4 members (excludes halogenated alkanes) is 2. The van der Waals surface area contributed by atoms with Gasteiger partial charge in [0, 0.05) is 12.5 Å². The number of methoxy groups -OCH3 is 1. The molecule has 1 aliphatic heterocycles. The van der Waals surface area contributed by atoms with Gasteiger partial charge in [0.15, 0.2) is 6.29 Å². The Bertz CT molecular complexity index is 793. The molecule has 0 bridgehead atoms. The summed E-state index contributed by atoms with van der Waals surface area (Å²) in [6, 6.07) is 9.20. The number of rotatable bonds is 10. The SMILES string of the molecule is CCCCC1(CCCC)C2=CCC(/C=C/CC3OC3OC)C=C2c2ccccc21. The van der Waals surface area contributed by atoms with Crippen LogP contribution in [0.15, 0.2) is 54.1 Å². The second-order valence-electron chi connectivity index (χ2n) is 8.87. The molecular formula is C27H36O2. The predicted octanol–water partition coefficient (Wildman–Crippen LogP) is 6.97. The third-order valence-electron chi connectivity index (χ3n) is 6.95. The van der Waals surface area contributed by atoms with Gasteiger partial charge in [0.25, 0.3) is 0 Å². The minimum Gasteiger partial charge on any atom is -0.353 e. The van der Waals surface area contributed by atoms with E-state index in [1.807, 2.05) is 0 Å². The summed E-state index contributed by atoms with van der Waals surface area (Å²) in [6.07, 6.45) is 19.8. The summed E-state index contributed by atoms with van der Waals surface area (Å²) >= 11 is 0. The van der Waals surface area contributed by atoms with Crippen LogP contribution in [0, 0.1) is 5.92 Å². The van der Waals surface area contributed by atoms with E-state index in [1.54, 1.807) is 18.2 Å². The van der Waals surface area contributed by atoms with Crippen LogP contribution in [-0.2, 0) is 14.9 Å². The topological polar surface area (TPSA) is 21.8 Å². The summed E-state index contributed by atoms with van der Waals surface area (Å²) in [7, 11) is 1.72.